The first-order chi connectivity index (χ1) is 10.2. The molecule has 0 aromatic heterocycles. The second kappa shape index (κ2) is 7.14. The summed E-state index contributed by atoms with van der Waals surface area (Å²) in [7, 11) is 1.68. The van der Waals surface area contributed by atoms with Crippen molar-refractivity contribution < 1.29 is 9.47 Å². The average Bonchev–Trinajstić information content (AvgIpc) is 2.49. The van der Waals surface area contributed by atoms with Gasteiger partial charge in [-0.25, -0.2) is 0 Å². The Morgan fingerprint density at radius 2 is 1.86 bits per heavy atom. The number of methoxy groups -OCH3 is 1. The van der Waals surface area contributed by atoms with Crippen LogP contribution in [0.3, 0.4) is 0 Å². The number of rotatable bonds is 6. The van der Waals surface area contributed by atoms with E-state index in [0.717, 1.165) is 22.6 Å². The number of hydrogen-bond donors (Lipinski definition) is 1. The second-order valence-corrected chi connectivity index (χ2v) is 5.10. The number of hydrogen-bond acceptors (Lipinski definition) is 3. The molecule has 1 atom stereocenters. The number of ether oxygens (including phenoxy) is 2. The second-order valence-electron chi connectivity index (χ2n) is 5.10. The van der Waals surface area contributed by atoms with E-state index in [0.29, 0.717) is 13.0 Å². The minimum absolute atomic E-state index is 0.122. The van der Waals surface area contributed by atoms with Crippen LogP contribution in [-0.2, 0) is 6.42 Å². The molecular formula is C18H23NO2. The summed E-state index contributed by atoms with van der Waals surface area (Å²) in [6.07, 6.45) is 0.716. The van der Waals surface area contributed by atoms with Gasteiger partial charge in [0.2, 0.25) is 0 Å². The first-order valence-corrected chi connectivity index (χ1v) is 7.26. The van der Waals surface area contributed by atoms with E-state index >= 15 is 0 Å². The van der Waals surface area contributed by atoms with Crippen LogP contribution >= 0.6 is 0 Å². The summed E-state index contributed by atoms with van der Waals surface area (Å²) in [6.45, 7) is 4.68. The van der Waals surface area contributed by atoms with Crippen molar-refractivity contribution in [2.75, 3.05) is 13.7 Å². The maximum Gasteiger partial charge on any atom is 0.124 e. The summed E-state index contributed by atoms with van der Waals surface area (Å²) in [4.78, 5) is 0. The van der Waals surface area contributed by atoms with Gasteiger partial charge in [-0.2, -0.15) is 0 Å². The highest BCUT2D eigenvalue weighted by molar-refractivity contribution is 5.41. The molecule has 0 aliphatic carbocycles. The Labute approximate surface area is 126 Å². The van der Waals surface area contributed by atoms with Crippen LogP contribution < -0.4 is 15.2 Å². The molecule has 3 heteroatoms. The fourth-order valence-corrected chi connectivity index (χ4v) is 2.46. The monoisotopic (exact) mass is 285 g/mol. The Hall–Kier alpha value is -2.00. The number of aryl methyl sites for hydroxylation is 1. The predicted octanol–water partition coefficient (Wildman–Crippen LogP) is 3.64. The van der Waals surface area contributed by atoms with Crippen molar-refractivity contribution in [3.05, 3.63) is 59.2 Å². The predicted molar refractivity (Wildman–Crippen MR) is 86.0 cm³/mol. The highest BCUT2D eigenvalue weighted by Gasteiger charge is 2.15. The molecule has 0 radical (unpaired) electrons. The van der Waals surface area contributed by atoms with Crippen LogP contribution in [-0.4, -0.2) is 13.7 Å². The average molecular weight is 285 g/mol. The quantitative estimate of drug-likeness (QED) is 0.881. The molecule has 0 amide bonds. The third-order valence-corrected chi connectivity index (χ3v) is 3.50. The molecule has 0 saturated carbocycles. The molecular weight excluding hydrogens is 262 g/mol. The molecule has 1 unspecified atom stereocenters. The molecule has 0 bridgehead atoms. The molecule has 2 aromatic rings. The summed E-state index contributed by atoms with van der Waals surface area (Å²) in [5.41, 5.74) is 9.75. The Kier molecular flexibility index (Phi) is 5.23. The zero-order chi connectivity index (χ0) is 15.2. The van der Waals surface area contributed by atoms with Gasteiger partial charge in [0, 0.05) is 11.6 Å². The number of benzene rings is 2. The van der Waals surface area contributed by atoms with Crippen molar-refractivity contribution >= 4 is 0 Å². The largest absolute Gasteiger partial charge is 0.496 e. The van der Waals surface area contributed by atoms with Crippen molar-refractivity contribution in [1.82, 2.24) is 0 Å². The molecule has 0 spiro atoms. The first-order valence-electron chi connectivity index (χ1n) is 7.26. The standard InChI is InChI=1S/C18H23NO2/c1-4-21-18-10-9-13(2)11-15(18)16(19)12-14-7-5-6-8-17(14)20-3/h5-11,16H,4,12,19H2,1-3H3. The van der Waals surface area contributed by atoms with Gasteiger partial charge in [-0.05, 0) is 38.0 Å². The maximum absolute atomic E-state index is 6.42. The number of para-hydroxylation sites is 1. The smallest absolute Gasteiger partial charge is 0.124 e. The third-order valence-electron chi connectivity index (χ3n) is 3.50. The van der Waals surface area contributed by atoms with Gasteiger partial charge in [0.25, 0.3) is 0 Å². The van der Waals surface area contributed by atoms with E-state index in [1.54, 1.807) is 7.11 Å². The summed E-state index contributed by atoms with van der Waals surface area (Å²) < 4.78 is 11.1. The first kappa shape index (κ1) is 15.4. The molecule has 2 aromatic carbocycles. The highest BCUT2D eigenvalue weighted by atomic mass is 16.5. The van der Waals surface area contributed by atoms with Crippen LogP contribution in [0.1, 0.15) is 29.7 Å². The van der Waals surface area contributed by atoms with Crippen molar-refractivity contribution in [2.24, 2.45) is 5.73 Å². The SMILES string of the molecule is CCOc1ccc(C)cc1C(N)Cc1ccccc1OC. The van der Waals surface area contributed by atoms with Crippen LogP contribution in [0.25, 0.3) is 0 Å². The van der Waals surface area contributed by atoms with E-state index in [9.17, 15) is 0 Å². The van der Waals surface area contributed by atoms with E-state index in [1.807, 2.05) is 37.3 Å². The fourth-order valence-electron chi connectivity index (χ4n) is 2.46. The van der Waals surface area contributed by atoms with Gasteiger partial charge in [-0.1, -0.05) is 35.9 Å². The Balaban J connectivity index is 2.27. The minimum atomic E-state index is -0.122. The zero-order valence-electron chi connectivity index (χ0n) is 12.9. The molecule has 0 heterocycles. The lowest BCUT2D eigenvalue weighted by atomic mass is 9.97. The summed E-state index contributed by atoms with van der Waals surface area (Å²) in [5, 5.41) is 0. The fraction of sp³-hybridized carbons (Fsp3) is 0.333. The van der Waals surface area contributed by atoms with Gasteiger partial charge in [0.05, 0.1) is 13.7 Å². The van der Waals surface area contributed by atoms with Crippen LogP contribution in [0.4, 0.5) is 0 Å². The van der Waals surface area contributed by atoms with Crippen molar-refractivity contribution in [3.8, 4) is 11.5 Å². The van der Waals surface area contributed by atoms with E-state index in [1.165, 1.54) is 5.56 Å². The zero-order valence-corrected chi connectivity index (χ0v) is 12.9. The van der Waals surface area contributed by atoms with Crippen LogP contribution in [0.2, 0.25) is 0 Å². The van der Waals surface area contributed by atoms with Crippen molar-refractivity contribution in [1.29, 1.82) is 0 Å². The normalized spacial score (nSPS) is 12.0. The minimum Gasteiger partial charge on any atom is -0.496 e. The van der Waals surface area contributed by atoms with Crippen molar-refractivity contribution in [2.45, 2.75) is 26.3 Å². The van der Waals surface area contributed by atoms with Crippen LogP contribution in [0.5, 0.6) is 11.5 Å². The topological polar surface area (TPSA) is 44.5 Å². The summed E-state index contributed by atoms with van der Waals surface area (Å²) in [5.74, 6) is 1.74. The lowest BCUT2D eigenvalue weighted by Crippen LogP contribution is -2.15. The number of nitrogens with two attached hydrogens (primary N) is 1. The lowest BCUT2D eigenvalue weighted by Gasteiger charge is -2.18. The molecule has 2 N–H and O–H groups in total. The van der Waals surface area contributed by atoms with Crippen molar-refractivity contribution in [3.63, 3.8) is 0 Å². The van der Waals surface area contributed by atoms with E-state index in [4.69, 9.17) is 15.2 Å². The molecule has 112 valence electrons. The third kappa shape index (κ3) is 3.76. The van der Waals surface area contributed by atoms with E-state index in [-0.39, 0.29) is 6.04 Å². The summed E-state index contributed by atoms with van der Waals surface area (Å²) in [6, 6.07) is 14.0. The van der Waals surface area contributed by atoms with Gasteiger partial charge >= 0.3 is 0 Å². The molecule has 2 rings (SSSR count). The van der Waals surface area contributed by atoms with Gasteiger partial charge in [0.15, 0.2) is 0 Å². The van der Waals surface area contributed by atoms with Gasteiger partial charge in [-0.3, -0.25) is 0 Å². The molecule has 21 heavy (non-hydrogen) atoms. The van der Waals surface area contributed by atoms with Crippen LogP contribution in [0, 0.1) is 6.92 Å². The molecule has 3 nitrogen and oxygen atoms in total. The molecule has 0 fully saturated rings. The van der Waals surface area contributed by atoms with Gasteiger partial charge in [0.1, 0.15) is 11.5 Å². The van der Waals surface area contributed by atoms with E-state index in [2.05, 4.69) is 19.1 Å². The summed E-state index contributed by atoms with van der Waals surface area (Å²) >= 11 is 0. The van der Waals surface area contributed by atoms with Gasteiger partial charge < -0.3 is 15.2 Å². The Morgan fingerprint density at radius 3 is 2.57 bits per heavy atom. The lowest BCUT2D eigenvalue weighted by molar-refractivity contribution is 0.333. The molecule has 0 saturated heterocycles. The van der Waals surface area contributed by atoms with Crippen LogP contribution in [0.15, 0.2) is 42.5 Å². The molecule has 0 aliphatic heterocycles. The maximum atomic E-state index is 6.42. The van der Waals surface area contributed by atoms with Gasteiger partial charge in [-0.15, -0.1) is 0 Å². The molecule has 0 aliphatic rings. The highest BCUT2D eigenvalue weighted by Crippen LogP contribution is 2.29. The Bertz CT molecular complexity index is 596. The Morgan fingerprint density at radius 1 is 1.10 bits per heavy atom. The van der Waals surface area contributed by atoms with E-state index < -0.39 is 0 Å².